The van der Waals surface area contributed by atoms with E-state index in [2.05, 4.69) is 41.9 Å². The summed E-state index contributed by atoms with van der Waals surface area (Å²) in [6, 6.07) is 7.83. The molecule has 90 valence electrons. The summed E-state index contributed by atoms with van der Waals surface area (Å²) >= 11 is 3.48. The minimum Gasteiger partial charge on any atom is -0.359 e. The molecule has 0 saturated heterocycles. The number of aromatic amines is 1. The fourth-order valence-corrected chi connectivity index (χ4v) is 1.71. The first-order valence-electron chi connectivity index (χ1n) is 5.08. The smallest absolute Gasteiger partial charge is 0.216 e. The average Bonchev–Trinajstić information content (AvgIpc) is 2.89. The minimum atomic E-state index is 0.258. The van der Waals surface area contributed by atoms with E-state index in [4.69, 9.17) is 5.26 Å². The molecule has 0 amide bonds. The van der Waals surface area contributed by atoms with Crippen molar-refractivity contribution in [1.29, 1.82) is 5.26 Å². The fraction of sp³-hybridized carbons (Fsp3) is 0.0909. The number of anilines is 1. The van der Waals surface area contributed by atoms with Crippen LogP contribution < -0.4 is 5.32 Å². The van der Waals surface area contributed by atoms with E-state index >= 15 is 0 Å². The fourth-order valence-electron chi connectivity index (χ4n) is 1.33. The lowest BCUT2D eigenvalue weighted by molar-refractivity contribution is 0.881. The van der Waals surface area contributed by atoms with Crippen molar-refractivity contribution in [2.45, 2.75) is 6.92 Å². The monoisotopic (exact) mass is 304 g/mol. The van der Waals surface area contributed by atoms with Crippen LogP contribution in [0.3, 0.4) is 0 Å². The third kappa shape index (κ3) is 2.55. The van der Waals surface area contributed by atoms with Gasteiger partial charge in [0.25, 0.3) is 0 Å². The van der Waals surface area contributed by atoms with Crippen LogP contribution in [-0.4, -0.2) is 20.6 Å². The second kappa shape index (κ2) is 5.42. The molecular weight excluding hydrogens is 296 g/mol. The molecule has 1 aromatic heterocycles. The van der Waals surface area contributed by atoms with Crippen LogP contribution in [0.1, 0.15) is 11.4 Å². The largest absolute Gasteiger partial charge is 0.359 e. The Morgan fingerprint density at radius 1 is 1.56 bits per heavy atom. The van der Waals surface area contributed by atoms with E-state index < -0.39 is 0 Å². The van der Waals surface area contributed by atoms with Gasteiger partial charge in [0.1, 0.15) is 11.6 Å². The highest BCUT2D eigenvalue weighted by Gasteiger charge is 2.06. The topological polar surface area (TPSA) is 90.3 Å². The zero-order chi connectivity index (χ0) is 13.0. The van der Waals surface area contributed by atoms with Crippen LogP contribution in [0, 0.1) is 18.3 Å². The molecule has 18 heavy (non-hydrogen) atoms. The van der Waals surface area contributed by atoms with Crippen LogP contribution in [0.25, 0.3) is 5.57 Å². The number of tetrazole rings is 1. The number of halogens is 1. The van der Waals surface area contributed by atoms with E-state index in [-0.39, 0.29) is 5.82 Å². The molecule has 0 fully saturated rings. The Bertz CT molecular complexity index is 611. The number of hydrogen-bond acceptors (Lipinski definition) is 5. The quantitative estimate of drug-likeness (QED) is 0.849. The maximum Gasteiger partial charge on any atom is 0.216 e. The average molecular weight is 305 g/mol. The molecule has 2 aromatic rings. The summed E-state index contributed by atoms with van der Waals surface area (Å²) in [5.74, 6) is 0.258. The first-order chi connectivity index (χ1) is 8.72. The highest BCUT2D eigenvalue weighted by atomic mass is 79.9. The van der Waals surface area contributed by atoms with Gasteiger partial charge in [-0.3, -0.25) is 0 Å². The zero-order valence-corrected chi connectivity index (χ0v) is 11.1. The van der Waals surface area contributed by atoms with Crippen molar-refractivity contribution in [3.05, 3.63) is 40.3 Å². The minimum absolute atomic E-state index is 0.258. The van der Waals surface area contributed by atoms with Gasteiger partial charge in [-0.05, 0) is 39.7 Å². The Kier molecular flexibility index (Phi) is 3.69. The molecule has 0 unspecified atom stereocenters. The van der Waals surface area contributed by atoms with Crippen molar-refractivity contribution in [2.75, 3.05) is 5.32 Å². The molecule has 0 radical (unpaired) electrons. The Morgan fingerprint density at radius 2 is 2.39 bits per heavy atom. The van der Waals surface area contributed by atoms with E-state index in [9.17, 15) is 0 Å². The number of H-pyrrole nitrogens is 1. The van der Waals surface area contributed by atoms with Gasteiger partial charge >= 0.3 is 0 Å². The molecule has 0 aliphatic heterocycles. The molecule has 1 heterocycles. The van der Waals surface area contributed by atoms with E-state index in [0.29, 0.717) is 5.57 Å². The number of aromatic nitrogens is 4. The van der Waals surface area contributed by atoms with Gasteiger partial charge in [0, 0.05) is 10.7 Å². The molecule has 0 atom stereocenters. The molecule has 2 N–H and O–H groups in total. The molecule has 0 spiro atoms. The first kappa shape index (κ1) is 12.3. The molecule has 6 nitrogen and oxygen atoms in total. The molecule has 2 rings (SSSR count). The Labute approximate surface area is 112 Å². The lowest BCUT2D eigenvalue weighted by Crippen LogP contribution is -1.94. The van der Waals surface area contributed by atoms with E-state index in [0.717, 1.165) is 15.7 Å². The number of rotatable bonds is 3. The first-order valence-corrected chi connectivity index (χ1v) is 5.87. The number of nitriles is 1. The summed E-state index contributed by atoms with van der Waals surface area (Å²) in [6.07, 6.45) is 1.55. The maximum atomic E-state index is 9.01. The number of benzene rings is 1. The summed E-state index contributed by atoms with van der Waals surface area (Å²) in [5, 5.41) is 25.3. The van der Waals surface area contributed by atoms with Crippen molar-refractivity contribution in [3.63, 3.8) is 0 Å². The number of allylic oxidation sites excluding steroid dienone is 1. The Morgan fingerprint density at radius 3 is 3.06 bits per heavy atom. The van der Waals surface area contributed by atoms with Crippen molar-refractivity contribution in [2.24, 2.45) is 0 Å². The van der Waals surface area contributed by atoms with Crippen LogP contribution in [0.4, 0.5) is 5.69 Å². The summed E-state index contributed by atoms with van der Waals surface area (Å²) < 4.78 is 0.951. The second-order valence-corrected chi connectivity index (χ2v) is 4.28. The number of aryl methyl sites for hydroxylation is 1. The van der Waals surface area contributed by atoms with Crippen molar-refractivity contribution >= 4 is 27.2 Å². The number of nitrogens with one attached hydrogen (secondary N) is 2. The van der Waals surface area contributed by atoms with Crippen LogP contribution in [-0.2, 0) is 0 Å². The highest BCUT2D eigenvalue weighted by Crippen LogP contribution is 2.26. The van der Waals surface area contributed by atoms with E-state index in [1.54, 1.807) is 6.20 Å². The third-order valence-corrected chi connectivity index (χ3v) is 3.32. The molecule has 1 aromatic carbocycles. The standard InChI is InChI=1S/C11H9BrN6/c1-7-3-2-4-9(10(7)12)14-6-8(5-13)11-15-17-18-16-11/h2-4,6,14H,1H3,(H,15,16,17,18). The van der Waals surface area contributed by atoms with Crippen LogP contribution in [0.5, 0.6) is 0 Å². The van der Waals surface area contributed by atoms with Gasteiger partial charge in [-0.15, -0.1) is 10.2 Å². The lowest BCUT2D eigenvalue weighted by atomic mass is 10.2. The molecular formula is C11H9BrN6. The van der Waals surface area contributed by atoms with Gasteiger partial charge in [-0.1, -0.05) is 12.1 Å². The normalized spacial score (nSPS) is 11.1. The Hall–Kier alpha value is -2.20. The highest BCUT2D eigenvalue weighted by molar-refractivity contribution is 9.10. The Balaban J connectivity index is 2.25. The predicted molar refractivity (Wildman–Crippen MR) is 70.3 cm³/mol. The summed E-state index contributed by atoms with van der Waals surface area (Å²) in [4.78, 5) is 0. The summed E-state index contributed by atoms with van der Waals surface area (Å²) in [7, 11) is 0. The molecule has 7 heteroatoms. The SMILES string of the molecule is Cc1cccc(NC=C(C#N)c2nn[nH]n2)c1Br. The molecule has 0 saturated carbocycles. The van der Waals surface area contributed by atoms with Crippen LogP contribution in [0.2, 0.25) is 0 Å². The number of hydrogen-bond donors (Lipinski definition) is 2. The molecule has 0 aliphatic carbocycles. The second-order valence-electron chi connectivity index (χ2n) is 3.49. The predicted octanol–water partition coefficient (Wildman–Crippen LogP) is 2.25. The van der Waals surface area contributed by atoms with E-state index in [1.165, 1.54) is 0 Å². The van der Waals surface area contributed by atoms with Crippen LogP contribution >= 0.6 is 15.9 Å². The number of nitrogens with zero attached hydrogens (tertiary/aromatic N) is 4. The van der Waals surface area contributed by atoms with Gasteiger partial charge in [-0.2, -0.15) is 10.5 Å². The summed E-state index contributed by atoms with van der Waals surface area (Å²) in [6.45, 7) is 1.99. The molecule has 0 bridgehead atoms. The van der Waals surface area contributed by atoms with Gasteiger partial charge < -0.3 is 5.32 Å². The van der Waals surface area contributed by atoms with Crippen molar-refractivity contribution < 1.29 is 0 Å². The van der Waals surface area contributed by atoms with E-state index in [1.807, 2.05) is 31.2 Å². The van der Waals surface area contributed by atoms with Gasteiger partial charge in [0.15, 0.2) is 0 Å². The van der Waals surface area contributed by atoms with Gasteiger partial charge in [0.2, 0.25) is 5.82 Å². The van der Waals surface area contributed by atoms with Gasteiger partial charge in [-0.25, -0.2) is 0 Å². The van der Waals surface area contributed by atoms with Gasteiger partial charge in [0.05, 0.1) is 5.69 Å². The van der Waals surface area contributed by atoms with Crippen molar-refractivity contribution in [3.8, 4) is 6.07 Å². The molecule has 0 aliphatic rings. The third-order valence-electron chi connectivity index (χ3n) is 2.27. The maximum absolute atomic E-state index is 9.01. The summed E-state index contributed by atoms with van der Waals surface area (Å²) in [5.41, 5.74) is 2.27. The zero-order valence-electron chi connectivity index (χ0n) is 9.48. The van der Waals surface area contributed by atoms with Crippen LogP contribution in [0.15, 0.2) is 28.9 Å². The van der Waals surface area contributed by atoms with Crippen molar-refractivity contribution in [1.82, 2.24) is 20.6 Å². The lowest BCUT2D eigenvalue weighted by Gasteiger charge is -2.06.